The van der Waals surface area contributed by atoms with Gasteiger partial charge in [0.1, 0.15) is 0 Å². The second-order valence-corrected chi connectivity index (χ2v) is 6.50. The molecule has 19 heavy (non-hydrogen) atoms. The predicted octanol–water partition coefficient (Wildman–Crippen LogP) is 0.796. The van der Waals surface area contributed by atoms with E-state index in [0.717, 1.165) is 26.2 Å². The van der Waals surface area contributed by atoms with Crippen LogP contribution in [0.15, 0.2) is 6.07 Å². The summed E-state index contributed by atoms with van der Waals surface area (Å²) in [6, 6.07) is 2.51. The number of amides is 1. The van der Waals surface area contributed by atoms with Gasteiger partial charge in [0.25, 0.3) is 5.91 Å². The van der Waals surface area contributed by atoms with Crippen molar-refractivity contribution in [3.05, 3.63) is 21.4 Å². The molecule has 1 atom stereocenters. The Morgan fingerprint density at radius 1 is 1.58 bits per heavy atom. The fraction of sp³-hybridized carbons (Fsp3) is 0.615. The first kappa shape index (κ1) is 14.5. The van der Waals surface area contributed by atoms with Gasteiger partial charge in [-0.15, -0.1) is 11.3 Å². The highest BCUT2D eigenvalue weighted by atomic mass is 32.1. The average molecular weight is 282 g/mol. The van der Waals surface area contributed by atoms with E-state index in [1.54, 1.807) is 0 Å². The minimum absolute atomic E-state index is 0.203. The number of nitrogens with one attached hydrogen (secondary N) is 1. The largest absolute Gasteiger partial charge is 0.304 e. The van der Waals surface area contributed by atoms with E-state index in [9.17, 15) is 4.79 Å². The van der Waals surface area contributed by atoms with E-state index in [4.69, 9.17) is 5.84 Å². The third-order valence-corrected chi connectivity index (χ3v) is 4.81. The molecule has 3 N–H and O–H groups in total. The number of piperazine rings is 1. The standard InChI is InChI=1S/C13H22N4OS/c1-9-7-16(3)4-5-17(9)8-11-6-12(13(18)15-14)19-10(11)2/h6,9H,4-5,7-8,14H2,1-3H3,(H,15,18). The van der Waals surface area contributed by atoms with Gasteiger partial charge in [0, 0.05) is 37.1 Å². The fourth-order valence-electron chi connectivity index (χ4n) is 2.49. The van der Waals surface area contributed by atoms with Gasteiger partial charge in [0.2, 0.25) is 0 Å². The van der Waals surface area contributed by atoms with Crippen LogP contribution in [0.4, 0.5) is 0 Å². The average Bonchev–Trinajstić information content (AvgIpc) is 2.73. The maximum atomic E-state index is 11.5. The number of carbonyl (C=O) groups excluding carboxylic acids is 1. The molecule has 0 radical (unpaired) electrons. The van der Waals surface area contributed by atoms with Gasteiger partial charge in [-0.1, -0.05) is 0 Å². The molecule has 1 amide bonds. The molecule has 6 heteroatoms. The Bertz CT molecular complexity index is 459. The maximum Gasteiger partial charge on any atom is 0.275 e. The highest BCUT2D eigenvalue weighted by Crippen LogP contribution is 2.24. The fourth-order valence-corrected chi connectivity index (χ4v) is 3.43. The topological polar surface area (TPSA) is 61.6 Å². The molecule has 106 valence electrons. The normalized spacial score (nSPS) is 21.6. The first-order valence-corrected chi connectivity index (χ1v) is 7.35. The number of hydrogen-bond acceptors (Lipinski definition) is 5. The van der Waals surface area contributed by atoms with Gasteiger partial charge in [-0.3, -0.25) is 15.1 Å². The molecule has 1 aliphatic heterocycles. The number of carbonyl (C=O) groups is 1. The first-order valence-electron chi connectivity index (χ1n) is 6.54. The van der Waals surface area contributed by atoms with Crippen molar-refractivity contribution in [2.75, 3.05) is 26.7 Å². The molecule has 0 spiro atoms. The third-order valence-electron chi connectivity index (χ3n) is 3.72. The Balaban J connectivity index is 2.06. The quantitative estimate of drug-likeness (QED) is 0.489. The summed E-state index contributed by atoms with van der Waals surface area (Å²) < 4.78 is 0. The molecule has 0 saturated carbocycles. The van der Waals surface area contributed by atoms with Crippen molar-refractivity contribution in [2.45, 2.75) is 26.4 Å². The summed E-state index contributed by atoms with van der Waals surface area (Å²) in [5.41, 5.74) is 3.43. The van der Waals surface area contributed by atoms with E-state index in [2.05, 4.69) is 36.1 Å². The minimum Gasteiger partial charge on any atom is -0.304 e. The molecular weight excluding hydrogens is 260 g/mol. The molecule has 1 aromatic rings. The Hall–Kier alpha value is -0.950. The summed E-state index contributed by atoms with van der Waals surface area (Å²) in [6.45, 7) is 8.50. The van der Waals surface area contributed by atoms with Gasteiger partial charge < -0.3 is 4.90 Å². The molecule has 2 heterocycles. The number of rotatable bonds is 3. The van der Waals surface area contributed by atoms with Crippen LogP contribution in [0.1, 0.15) is 27.0 Å². The Morgan fingerprint density at radius 3 is 2.95 bits per heavy atom. The summed E-state index contributed by atoms with van der Waals surface area (Å²) in [6.07, 6.45) is 0. The lowest BCUT2D eigenvalue weighted by molar-refractivity contribution is 0.0935. The molecule has 5 nitrogen and oxygen atoms in total. The molecule has 1 fully saturated rings. The lowest BCUT2D eigenvalue weighted by Crippen LogP contribution is -2.49. The lowest BCUT2D eigenvalue weighted by atomic mass is 10.1. The van der Waals surface area contributed by atoms with Crippen molar-refractivity contribution >= 4 is 17.2 Å². The van der Waals surface area contributed by atoms with Crippen LogP contribution in [-0.2, 0) is 6.54 Å². The maximum absolute atomic E-state index is 11.5. The number of thiophene rings is 1. The number of nitrogen functional groups attached to an aromatic ring is 1. The molecule has 1 aliphatic rings. The van der Waals surface area contributed by atoms with Crippen LogP contribution in [-0.4, -0.2) is 48.4 Å². The van der Waals surface area contributed by atoms with Gasteiger partial charge in [-0.05, 0) is 32.5 Å². The molecule has 0 aromatic carbocycles. The number of hydrogen-bond donors (Lipinski definition) is 2. The summed E-state index contributed by atoms with van der Waals surface area (Å²) in [5.74, 6) is 4.97. The zero-order chi connectivity index (χ0) is 14.0. The van der Waals surface area contributed by atoms with Gasteiger partial charge >= 0.3 is 0 Å². The monoisotopic (exact) mass is 282 g/mol. The molecular formula is C13H22N4OS. The molecule has 1 unspecified atom stereocenters. The summed E-state index contributed by atoms with van der Waals surface area (Å²) in [5, 5.41) is 0. The van der Waals surface area contributed by atoms with Crippen LogP contribution in [0, 0.1) is 6.92 Å². The van der Waals surface area contributed by atoms with Crippen LogP contribution in [0.5, 0.6) is 0 Å². The van der Waals surface area contributed by atoms with E-state index in [0.29, 0.717) is 10.9 Å². The minimum atomic E-state index is -0.203. The van der Waals surface area contributed by atoms with E-state index in [1.165, 1.54) is 21.8 Å². The van der Waals surface area contributed by atoms with Crippen molar-refractivity contribution in [1.82, 2.24) is 15.2 Å². The second kappa shape index (κ2) is 6.00. The molecule has 0 bridgehead atoms. The third kappa shape index (κ3) is 3.33. The van der Waals surface area contributed by atoms with Crippen molar-refractivity contribution < 1.29 is 4.79 Å². The van der Waals surface area contributed by atoms with E-state index < -0.39 is 0 Å². The lowest BCUT2D eigenvalue weighted by Gasteiger charge is -2.38. The number of hydrazine groups is 1. The van der Waals surface area contributed by atoms with E-state index >= 15 is 0 Å². The Labute approximate surface area is 118 Å². The highest BCUT2D eigenvalue weighted by molar-refractivity contribution is 7.14. The summed E-state index contributed by atoms with van der Waals surface area (Å²) >= 11 is 1.51. The van der Waals surface area contributed by atoms with Gasteiger partial charge in [-0.2, -0.15) is 0 Å². The van der Waals surface area contributed by atoms with Crippen molar-refractivity contribution in [3.63, 3.8) is 0 Å². The summed E-state index contributed by atoms with van der Waals surface area (Å²) in [4.78, 5) is 18.3. The molecule has 0 aliphatic carbocycles. The number of likely N-dealkylation sites (N-methyl/N-ethyl adjacent to an activating group) is 1. The van der Waals surface area contributed by atoms with E-state index in [-0.39, 0.29) is 5.91 Å². The van der Waals surface area contributed by atoms with Crippen LogP contribution >= 0.6 is 11.3 Å². The van der Waals surface area contributed by atoms with Crippen molar-refractivity contribution in [3.8, 4) is 0 Å². The first-order chi connectivity index (χ1) is 9.01. The molecule has 1 saturated heterocycles. The zero-order valence-corrected chi connectivity index (χ0v) is 12.6. The van der Waals surface area contributed by atoms with E-state index in [1.807, 2.05) is 6.07 Å². The Morgan fingerprint density at radius 2 is 2.32 bits per heavy atom. The van der Waals surface area contributed by atoms with Gasteiger partial charge in [-0.25, -0.2) is 5.84 Å². The number of aryl methyl sites for hydroxylation is 1. The SMILES string of the molecule is Cc1sc(C(=O)NN)cc1CN1CCN(C)CC1C. The van der Waals surface area contributed by atoms with Gasteiger partial charge in [0.15, 0.2) is 0 Å². The molecule has 1 aromatic heterocycles. The van der Waals surface area contributed by atoms with Crippen LogP contribution < -0.4 is 11.3 Å². The molecule has 2 rings (SSSR count). The van der Waals surface area contributed by atoms with Crippen molar-refractivity contribution in [2.24, 2.45) is 5.84 Å². The number of nitrogens with zero attached hydrogens (tertiary/aromatic N) is 2. The highest BCUT2D eigenvalue weighted by Gasteiger charge is 2.22. The van der Waals surface area contributed by atoms with Crippen LogP contribution in [0.3, 0.4) is 0 Å². The van der Waals surface area contributed by atoms with Crippen molar-refractivity contribution in [1.29, 1.82) is 0 Å². The Kier molecular flexibility index (Phi) is 4.57. The zero-order valence-electron chi connectivity index (χ0n) is 11.8. The predicted molar refractivity (Wildman–Crippen MR) is 78.1 cm³/mol. The smallest absolute Gasteiger partial charge is 0.275 e. The van der Waals surface area contributed by atoms with Gasteiger partial charge in [0.05, 0.1) is 4.88 Å². The number of nitrogens with two attached hydrogens (primary N) is 1. The van der Waals surface area contributed by atoms with Crippen LogP contribution in [0.25, 0.3) is 0 Å². The second-order valence-electron chi connectivity index (χ2n) is 5.25. The van der Waals surface area contributed by atoms with Crippen LogP contribution in [0.2, 0.25) is 0 Å². The summed E-state index contributed by atoms with van der Waals surface area (Å²) in [7, 11) is 2.16.